The van der Waals surface area contributed by atoms with Gasteiger partial charge >= 0.3 is 5.97 Å². The zero-order valence-corrected chi connectivity index (χ0v) is 43.2. The van der Waals surface area contributed by atoms with E-state index in [1.807, 2.05) is 0 Å². The maximum atomic E-state index is 13.3. The Morgan fingerprint density at radius 1 is 0.927 bits per heavy atom. The van der Waals surface area contributed by atoms with Gasteiger partial charge in [-0.2, -0.15) is 0 Å². The van der Waals surface area contributed by atoms with Crippen LogP contribution in [0, 0.1) is 24.2 Å². The Labute approximate surface area is 346 Å². The van der Waals surface area contributed by atoms with Crippen LogP contribution in [0.4, 0.5) is 0 Å². The molecule has 1 saturated heterocycles. The number of hydrogen-bond donors (Lipinski definition) is 0. The molecule has 1 aliphatic heterocycles. The fourth-order valence-corrected chi connectivity index (χ4v) is 11.3. The first-order valence-corrected chi connectivity index (χ1v) is 30.4. The van der Waals surface area contributed by atoms with Crippen LogP contribution in [0.15, 0.2) is 34.8 Å². The van der Waals surface area contributed by atoms with E-state index >= 15 is 0 Å². The van der Waals surface area contributed by atoms with Crippen LogP contribution in [-0.2, 0) is 22.8 Å². The highest BCUT2D eigenvalue weighted by molar-refractivity contribution is 7.09. The van der Waals surface area contributed by atoms with Crippen LogP contribution in [0.1, 0.15) is 134 Å². The summed E-state index contributed by atoms with van der Waals surface area (Å²) >= 11 is 1.68. The van der Waals surface area contributed by atoms with Crippen molar-refractivity contribution in [1.82, 2.24) is 4.98 Å². The molecule has 1 aromatic heterocycles. The van der Waals surface area contributed by atoms with Crippen molar-refractivity contribution in [2.45, 2.75) is 209 Å². The number of nitrogens with zero attached hydrogens (tertiary/aromatic N) is 1. The van der Waals surface area contributed by atoms with Gasteiger partial charge in [0, 0.05) is 16.7 Å². The Bertz CT molecular complexity index is 1520. The Balaban J connectivity index is 2.40. The molecule has 1 fully saturated rings. The van der Waals surface area contributed by atoms with E-state index in [0.29, 0.717) is 6.42 Å². The largest absolute Gasteiger partial charge is 0.461 e. The first kappa shape index (κ1) is 50.0. The molecule has 0 unspecified atom stereocenters. The average molecular weight is 834 g/mol. The molecule has 2 rings (SSSR count). The molecule has 6 atom stereocenters. The van der Waals surface area contributed by atoms with Crippen LogP contribution in [0.3, 0.4) is 0 Å². The highest BCUT2D eigenvalue weighted by atomic mass is 32.1. The molecular formula is C45H83NO5SSi3. The summed E-state index contributed by atoms with van der Waals surface area (Å²) in [6.45, 7) is 49.8. The van der Waals surface area contributed by atoms with Crippen molar-refractivity contribution in [2.24, 2.45) is 17.3 Å². The lowest BCUT2D eigenvalue weighted by Gasteiger charge is -2.52. The van der Waals surface area contributed by atoms with Crippen molar-refractivity contribution < 1.29 is 22.8 Å². The molecule has 0 aromatic carbocycles. The minimum absolute atomic E-state index is 0.00465. The second kappa shape index (κ2) is 18.4. The quantitative estimate of drug-likeness (QED) is 0.0939. The molecule has 10 heteroatoms. The molecular weight excluding hydrogens is 751 g/mol. The number of esters is 1. The molecule has 0 N–H and O–H groups in total. The summed E-state index contributed by atoms with van der Waals surface area (Å²) in [5, 5.41) is 3.39. The van der Waals surface area contributed by atoms with Gasteiger partial charge in [0.1, 0.15) is 6.10 Å². The first-order valence-electron chi connectivity index (χ1n) is 20.8. The lowest BCUT2D eigenvalue weighted by molar-refractivity contribution is -0.191. The lowest BCUT2D eigenvalue weighted by Crippen LogP contribution is -2.59. The third-order valence-corrected chi connectivity index (χ3v) is 27.7. The Morgan fingerprint density at radius 3 is 1.95 bits per heavy atom. The summed E-state index contributed by atoms with van der Waals surface area (Å²) in [6, 6.07) is 0. The summed E-state index contributed by atoms with van der Waals surface area (Å²) < 4.78 is 27.7. The number of ether oxygens (including phenoxy) is 1. The van der Waals surface area contributed by atoms with Gasteiger partial charge in [-0.3, -0.25) is 4.79 Å². The lowest BCUT2D eigenvalue weighted by atomic mass is 9.70. The van der Waals surface area contributed by atoms with Gasteiger partial charge in [0.25, 0.3) is 0 Å². The third-order valence-electron chi connectivity index (χ3n) is 13.5. The number of allylic oxidation sites excluding steroid dienone is 2. The number of cyclic esters (lactones) is 1. The molecule has 0 amide bonds. The van der Waals surface area contributed by atoms with E-state index in [9.17, 15) is 4.79 Å². The predicted molar refractivity (Wildman–Crippen MR) is 245 cm³/mol. The smallest absolute Gasteiger partial charge is 0.308 e. The summed E-state index contributed by atoms with van der Waals surface area (Å²) in [6.07, 6.45) is 10.5. The second-order valence-electron chi connectivity index (χ2n) is 21.8. The van der Waals surface area contributed by atoms with Gasteiger partial charge in [0.15, 0.2) is 25.0 Å². The highest BCUT2D eigenvalue weighted by Crippen LogP contribution is 2.48. The molecule has 0 bridgehead atoms. The highest BCUT2D eigenvalue weighted by Gasteiger charge is 2.54. The van der Waals surface area contributed by atoms with Crippen LogP contribution in [0.2, 0.25) is 54.4 Å². The number of aromatic nitrogens is 1. The summed E-state index contributed by atoms with van der Waals surface area (Å²) in [7, 11) is -6.34. The van der Waals surface area contributed by atoms with Crippen molar-refractivity contribution in [3.8, 4) is 0 Å². The van der Waals surface area contributed by atoms with Gasteiger partial charge < -0.3 is 18.0 Å². The fraction of sp³-hybridized carbons (Fsp3) is 0.778. The molecule has 0 radical (unpaired) electrons. The first-order chi connectivity index (χ1) is 24.6. The van der Waals surface area contributed by atoms with Gasteiger partial charge in [-0.1, -0.05) is 114 Å². The van der Waals surface area contributed by atoms with E-state index < -0.39 is 25.0 Å². The predicted octanol–water partition coefficient (Wildman–Crippen LogP) is 13.9. The molecule has 1 aromatic rings. The van der Waals surface area contributed by atoms with Gasteiger partial charge in [-0.15, -0.1) is 11.3 Å². The standard InChI is InChI=1S/C45H83NO5SSi3/c1-31(26-27-37(49-53(17,18)42(6,7)8)33(3)28-36-30-52-35(5)46-36)24-23-25-32(2)40(51-55(21,22)44(12,13)14)34(4)41-45(15,16)38(29-39(47)48-41)50-54(19,20)43(9,10)11/h23,25-26,28,30,32,34,37-38,40-41H,24,27,29H2,1-22H3/b25-23-,31-26-,33-28+/t32-,34+,37-,38-,40-,41-/m0/s1. The van der Waals surface area contributed by atoms with Crippen LogP contribution in [0.5, 0.6) is 0 Å². The Morgan fingerprint density at radius 2 is 1.45 bits per heavy atom. The number of thiazole rings is 1. The van der Waals surface area contributed by atoms with Crippen molar-refractivity contribution in [3.05, 3.63) is 45.5 Å². The fourth-order valence-electron chi connectivity index (χ4n) is 6.43. The van der Waals surface area contributed by atoms with E-state index in [-0.39, 0.29) is 62.8 Å². The summed E-state index contributed by atoms with van der Waals surface area (Å²) in [5.74, 6) is -0.105. The van der Waals surface area contributed by atoms with Crippen LogP contribution >= 0.6 is 11.3 Å². The topological polar surface area (TPSA) is 66.9 Å². The van der Waals surface area contributed by atoms with Crippen molar-refractivity contribution in [1.29, 1.82) is 0 Å². The van der Waals surface area contributed by atoms with E-state index in [1.54, 1.807) is 11.3 Å². The van der Waals surface area contributed by atoms with Crippen molar-refractivity contribution in [2.75, 3.05) is 0 Å². The van der Waals surface area contributed by atoms with Gasteiger partial charge in [-0.25, -0.2) is 4.98 Å². The molecule has 0 spiro atoms. The molecule has 55 heavy (non-hydrogen) atoms. The van der Waals surface area contributed by atoms with Gasteiger partial charge in [-0.05, 0) is 106 Å². The SMILES string of the molecule is C/C(=C/C[C@H](O[Si](C)(C)C(C)(C)C)/C(C)=C/c1csc(C)n1)C/C=C\[C@H](C)[C@H](O[Si](C)(C)C(C)(C)C)[C@@H](C)[C@@H]1OC(=O)C[C@H](O[Si](C)(C)C(C)(C)C)C1(C)C. The zero-order valence-electron chi connectivity index (χ0n) is 39.4. The van der Waals surface area contributed by atoms with E-state index in [1.165, 1.54) is 11.1 Å². The number of aryl methyl sites for hydroxylation is 1. The molecule has 0 saturated carbocycles. The van der Waals surface area contributed by atoms with Gasteiger partial charge in [0.05, 0.1) is 35.4 Å². The second-order valence-corrected chi connectivity index (χ2v) is 37.2. The van der Waals surface area contributed by atoms with Crippen molar-refractivity contribution >= 4 is 48.3 Å². The molecule has 0 aliphatic carbocycles. The van der Waals surface area contributed by atoms with Crippen LogP contribution < -0.4 is 0 Å². The average Bonchev–Trinajstić information content (AvgIpc) is 3.41. The van der Waals surface area contributed by atoms with Crippen molar-refractivity contribution in [3.63, 3.8) is 0 Å². The number of hydrogen-bond acceptors (Lipinski definition) is 7. The molecule has 6 nitrogen and oxygen atoms in total. The molecule has 1 aliphatic rings. The van der Waals surface area contributed by atoms with Crippen LogP contribution in [-0.4, -0.2) is 60.3 Å². The number of rotatable bonds is 16. The zero-order chi connectivity index (χ0) is 42.8. The summed E-state index contributed by atoms with van der Waals surface area (Å²) in [4.78, 5) is 18.0. The van der Waals surface area contributed by atoms with E-state index in [2.05, 4.69) is 180 Å². The maximum Gasteiger partial charge on any atom is 0.308 e. The molecule has 2 heterocycles. The van der Waals surface area contributed by atoms with E-state index in [4.69, 9.17) is 23.0 Å². The third kappa shape index (κ3) is 13.4. The Kier molecular flexibility index (Phi) is 16.7. The number of carbonyl (C=O) groups is 1. The number of carbonyl (C=O) groups excluding carboxylic acids is 1. The minimum atomic E-state index is -2.19. The maximum absolute atomic E-state index is 13.3. The van der Waals surface area contributed by atoms with Crippen LogP contribution in [0.25, 0.3) is 6.08 Å². The summed E-state index contributed by atoms with van der Waals surface area (Å²) in [5.41, 5.74) is 3.16. The monoisotopic (exact) mass is 834 g/mol. The van der Waals surface area contributed by atoms with E-state index in [0.717, 1.165) is 23.5 Å². The Hall–Kier alpha value is -1.15. The molecule has 316 valence electrons. The minimum Gasteiger partial charge on any atom is -0.461 e. The normalized spacial score (nSPS) is 22.1. The van der Waals surface area contributed by atoms with Gasteiger partial charge in [0.2, 0.25) is 0 Å².